The molecule has 18 heavy (non-hydrogen) atoms. The molecule has 0 aromatic heterocycles. The number of nitro benzene ring substituents is 1. The van der Waals surface area contributed by atoms with Crippen LogP contribution in [0.25, 0.3) is 6.08 Å². The van der Waals surface area contributed by atoms with Crippen LogP contribution in [0, 0.1) is 10.1 Å². The average Bonchev–Trinajstić information content (AvgIpc) is 2.26. The van der Waals surface area contributed by atoms with Gasteiger partial charge in [0.1, 0.15) is 0 Å². The number of halogens is 2. The van der Waals surface area contributed by atoms with Crippen LogP contribution < -0.4 is 4.74 Å². The van der Waals surface area contributed by atoms with Gasteiger partial charge in [0.15, 0.2) is 0 Å². The normalized spacial score (nSPS) is 10.8. The molecule has 0 radical (unpaired) electrons. The van der Waals surface area contributed by atoms with E-state index in [9.17, 15) is 23.7 Å². The highest BCUT2D eigenvalue weighted by Crippen LogP contribution is 2.29. The van der Waals surface area contributed by atoms with E-state index in [2.05, 4.69) is 4.74 Å². The van der Waals surface area contributed by atoms with Crippen LogP contribution in [-0.4, -0.2) is 22.6 Å². The minimum atomic E-state index is -3.18. The number of benzene rings is 1. The van der Waals surface area contributed by atoms with Crippen molar-refractivity contribution in [1.82, 2.24) is 0 Å². The van der Waals surface area contributed by atoms with Crippen molar-refractivity contribution in [3.63, 3.8) is 0 Å². The predicted octanol–water partition coefficient (Wildman–Crippen LogP) is 2.29. The maximum Gasteiger partial charge on any atom is 0.387 e. The first-order chi connectivity index (χ1) is 8.40. The van der Waals surface area contributed by atoms with Gasteiger partial charge in [0.05, 0.1) is 4.92 Å². The van der Waals surface area contributed by atoms with E-state index in [0.717, 1.165) is 24.3 Å². The molecular weight excluding hydrogens is 252 g/mol. The molecule has 6 nitrogen and oxygen atoms in total. The van der Waals surface area contributed by atoms with Gasteiger partial charge in [0, 0.05) is 12.1 Å². The van der Waals surface area contributed by atoms with Crippen molar-refractivity contribution < 1.29 is 28.3 Å². The Bertz CT molecular complexity index is 501. The van der Waals surface area contributed by atoms with Crippen LogP contribution in [0.2, 0.25) is 0 Å². The Labute approximate surface area is 99.3 Å². The molecule has 0 saturated heterocycles. The second-order valence-electron chi connectivity index (χ2n) is 3.03. The molecule has 0 aliphatic heterocycles. The quantitative estimate of drug-likeness (QED) is 0.497. The van der Waals surface area contributed by atoms with Crippen molar-refractivity contribution in [2.45, 2.75) is 6.61 Å². The Hall–Kier alpha value is -2.51. The fraction of sp³-hybridized carbons (Fsp3) is 0.100. The number of aliphatic carboxylic acids is 1. The monoisotopic (exact) mass is 259 g/mol. The highest BCUT2D eigenvalue weighted by molar-refractivity contribution is 5.85. The number of carbonyl (C=O) groups is 1. The van der Waals surface area contributed by atoms with Crippen LogP contribution in [0.5, 0.6) is 5.75 Å². The molecular formula is C10H7F2NO5. The van der Waals surface area contributed by atoms with Crippen molar-refractivity contribution >= 4 is 17.7 Å². The first-order valence-electron chi connectivity index (χ1n) is 4.54. The van der Waals surface area contributed by atoms with Gasteiger partial charge in [0.2, 0.25) is 5.75 Å². The first kappa shape index (κ1) is 13.6. The van der Waals surface area contributed by atoms with E-state index < -0.39 is 28.9 Å². The topological polar surface area (TPSA) is 89.7 Å². The van der Waals surface area contributed by atoms with Gasteiger partial charge in [0.25, 0.3) is 0 Å². The lowest BCUT2D eigenvalue weighted by molar-refractivity contribution is -0.386. The SMILES string of the molecule is O=C(O)C=Cc1ccc(OC(F)F)c([N+](=O)[O-])c1. The van der Waals surface area contributed by atoms with Crippen LogP contribution >= 0.6 is 0 Å². The van der Waals surface area contributed by atoms with Gasteiger partial charge in [-0.3, -0.25) is 10.1 Å². The van der Waals surface area contributed by atoms with Crippen molar-refractivity contribution in [2.24, 2.45) is 0 Å². The molecule has 0 aliphatic carbocycles. The number of nitro groups is 1. The van der Waals surface area contributed by atoms with E-state index in [0.29, 0.717) is 0 Å². The molecule has 0 saturated carbocycles. The maximum atomic E-state index is 12.0. The lowest BCUT2D eigenvalue weighted by Gasteiger charge is -2.05. The van der Waals surface area contributed by atoms with Gasteiger partial charge in [-0.2, -0.15) is 8.78 Å². The summed E-state index contributed by atoms with van der Waals surface area (Å²) in [6.07, 6.45) is 1.87. The first-order valence-corrected chi connectivity index (χ1v) is 4.54. The van der Waals surface area contributed by atoms with E-state index in [-0.39, 0.29) is 5.56 Å². The number of carboxylic acids is 1. The van der Waals surface area contributed by atoms with E-state index in [4.69, 9.17) is 5.11 Å². The standard InChI is InChI=1S/C10H7F2NO5/c11-10(12)18-8-3-1-6(2-4-9(14)15)5-7(8)13(16)17/h1-5,10H,(H,14,15). The molecule has 1 N–H and O–H groups in total. The molecule has 1 rings (SSSR count). The fourth-order valence-corrected chi connectivity index (χ4v) is 1.14. The number of carboxylic acid groups (broad SMARTS) is 1. The van der Waals surface area contributed by atoms with Crippen molar-refractivity contribution in [3.05, 3.63) is 40.0 Å². The average molecular weight is 259 g/mol. The zero-order chi connectivity index (χ0) is 13.7. The van der Waals surface area contributed by atoms with Crippen LogP contribution in [-0.2, 0) is 4.79 Å². The molecule has 1 aromatic carbocycles. The molecule has 1 aromatic rings. The molecule has 8 heteroatoms. The van der Waals surface area contributed by atoms with Gasteiger partial charge in [-0.05, 0) is 17.7 Å². The van der Waals surface area contributed by atoms with E-state index in [1.807, 2.05) is 0 Å². The number of nitrogens with zero attached hydrogens (tertiary/aromatic N) is 1. The molecule has 0 fully saturated rings. The zero-order valence-electron chi connectivity index (χ0n) is 8.75. The summed E-state index contributed by atoms with van der Waals surface area (Å²) >= 11 is 0. The molecule has 0 aliphatic rings. The van der Waals surface area contributed by atoms with Gasteiger partial charge in [-0.1, -0.05) is 6.07 Å². The minimum absolute atomic E-state index is 0.186. The van der Waals surface area contributed by atoms with E-state index in [1.165, 1.54) is 6.07 Å². The Morgan fingerprint density at radius 2 is 2.17 bits per heavy atom. The summed E-state index contributed by atoms with van der Waals surface area (Å²) in [6.45, 7) is -3.18. The summed E-state index contributed by atoms with van der Waals surface area (Å²) in [5.74, 6) is -1.81. The molecule has 0 bridgehead atoms. The fourth-order valence-electron chi connectivity index (χ4n) is 1.14. The van der Waals surface area contributed by atoms with Gasteiger partial charge in [-0.25, -0.2) is 4.79 Å². The molecule has 0 unspecified atom stereocenters. The summed E-state index contributed by atoms with van der Waals surface area (Å²) in [5.41, 5.74) is -0.478. The highest BCUT2D eigenvalue weighted by Gasteiger charge is 2.18. The Morgan fingerprint density at radius 1 is 1.50 bits per heavy atom. The second-order valence-corrected chi connectivity index (χ2v) is 3.03. The smallest absolute Gasteiger partial charge is 0.387 e. The van der Waals surface area contributed by atoms with Crippen LogP contribution in [0.15, 0.2) is 24.3 Å². The highest BCUT2D eigenvalue weighted by atomic mass is 19.3. The molecule has 96 valence electrons. The van der Waals surface area contributed by atoms with E-state index in [1.54, 1.807) is 0 Å². The van der Waals surface area contributed by atoms with Gasteiger partial charge < -0.3 is 9.84 Å². The molecule has 0 spiro atoms. The predicted molar refractivity (Wildman–Crippen MR) is 56.4 cm³/mol. The number of alkyl halides is 2. The largest absolute Gasteiger partial charge is 0.478 e. The van der Waals surface area contributed by atoms with Crippen molar-refractivity contribution in [3.8, 4) is 5.75 Å². The minimum Gasteiger partial charge on any atom is -0.478 e. The summed E-state index contributed by atoms with van der Waals surface area (Å²) in [5, 5.41) is 19.0. The third-order valence-electron chi connectivity index (χ3n) is 1.81. The summed E-state index contributed by atoms with van der Waals surface area (Å²) in [7, 11) is 0. The lowest BCUT2D eigenvalue weighted by atomic mass is 10.1. The lowest BCUT2D eigenvalue weighted by Crippen LogP contribution is -2.04. The van der Waals surface area contributed by atoms with Crippen LogP contribution in [0.1, 0.15) is 5.56 Å². The van der Waals surface area contributed by atoms with Crippen LogP contribution in [0.3, 0.4) is 0 Å². The molecule has 0 heterocycles. The van der Waals surface area contributed by atoms with Crippen molar-refractivity contribution in [1.29, 1.82) is 0 Å². The maximum absolute atomic E-state index is 12.0. The number of ether oxygens (including phenoxy) is 1. The Morgan fingerprint density at radius 3 is 2.67 bits per heavy atom. The third-order valence-corrected chi connectivity index (χ3v) is 1.81. The summed E-state index contributed by atoms with van der Waals surface area (Å²) < 4.78 is 27.9. The second kappa shape index (κ2) is 5.71. The Kier molecular flexibility index (Phi) is 4.30. The Balaban J connectivity index is 3.10. The number of hydrogen-bond acceptors (Lipinski definition) is 4. The third kappa shape index (κ3) is 3.81. The van der Waals surface area contributed by atoms with Gasteiger partial charge >= 0.3 is 18.3 Å². The number of hydrogen-bond donors (Lipinski definition) is 1. The summed E-state index contributed by atoms with van der Waals surface area (Å²) in [4.78, 5) is 20.0. The zero-order valence-corrected chi connectivity index (χ0v) is 8.75. The van der Waals surface area contributed by atoms with Gasteiger partial charge in [-0.15, -0.1) is 0 Å². The van der Waals surface area contributed by atoms with E-state index >= 15 is 0 Å². The van der Waals surface area contributed by atoms with Crippen LogP contribution in [0.4, 0.5) is 14.5 Å². The molecule has 0 amide bonds. The van der Waals surface area contributed by atoms with Crippen molar-refractivity contribution in [2.75, 3.05) is 0 Å². The number of rotatable bonds is 5. The molecule has 0 atom stereocenters. The summed E-state index contributed by atoms with van der Waals surface area (Å²) in [6, 6.07) is 3.15.